The highest BCUT2D eigenvalue weighted by Crippen LogP contribution is 2.25. The van der Waals surface area contributed by atoms with Crippen LogP contribution in [-0.4, -0.2) is 19.9 Å². The number of rotatable bonds is 7. The van der Waals surface area contributed by atoms with Crippen molar-refractivity contribution in [1.82, 2.24) is 5.43 Å². The minimum Gasteiger partial charge on any atom is -0.271 e. The molecule has 0 saturated heterocycles. The highest BCUT2D eigenvalue weighted by molar-refractivity contribution is 7.91. The predicted octanol–water partition coefficient (Wildman–Crippen LogP) is 1.82. The Hall–Kier alpha value is -1.12. The monoisotopic (exact) mass is 310 g/mol. The first-order valence-corrected chi connectivity index (χ1v) is 7.94. The average molecular weight is 310 g/mol. The van der Waals surface area contributed by atoms with Gasteiger partial charge in [-0.15, -0.1) is 0 Å². The first-order chi connectivity index (χ1) is 9.30. The zero-order valence-corrected chi connectivity index (χ0v) is 11.8. The molecule has 20 heavy (non-hydrogen) atoms. The second-order valence-electron chi connectivity index (χ2n) is 4.38. The fourth-order valence-electron chi connectivity index (χ4n) is 1.85. The van der Waals surface area contributed by atoms with E-state index >= 15 is 0 Å². The number of nitrogens with two attached hydrogens (primary N) is 1. The van der Waals surface area contributed by atoms with E-state index in [-0.39, 0.29) is 29.9 Å². The lowest BCUT2D eigenvalue weighted by atomic mass is 10.0. The summed E-state index contributed by atoms with van der Waals surface area (Å²) in [7, 11) is -3.15. The van der Waals surface area contributed by atoms with E-state index in [2.05, 4.69) is 5.43 Å². The molecule has 1 atom stereocenters. The van der Waals surface area contributed by atoms with Crippen LogP contribution in [0.1, 0.15) is 31.4 Å². The van der Waals surface area contributed by atoms with E-state index in [0.29, 0.717) is 12.1 Å². The lowest BCUT2D eigenvalue weighted by molar-refractivity contribution is 0.443. The van der Waals surface area contributed by atoms with Crippen LogP contribution in [0.15, 0.2) is 12.1 Å². The van der Waals surface area contributed by atoms with E-state index in [4.69, 9.17) is 5.84 Å². The Kier molecular flexibility index (Phi) is 5.97. The van der Waals surface area contributed by atoms with Gasteiger partial charge >= 0.3 is 0 Å². The summed E-state index contributed by atoms with van der Waals surface area (Å²) in [6.07, 6.45) is 0.316. The average Bonchev–Trinajstić information content (AvgIpc) is 2.35. The van der Waals surface area contributed by atoms with E-state index in [0.717, 1.165) is 0 Å². The van der Waals surface area contributed by atoms with Crippen LogP contribution >= 0.6 is 0 Å². The van der Waals surface area contributed by atoms with Crippen LogP contribution in [0.4, 0.5) is 13.2 Å². The lowest BCUT2D eigenvalue weighted by Crippen LogP contribution is -2.30. The summed E-state index contributed by atoms with van der Waals surface area (Å²) in [6, 6.07) is 0.208. The fourth-order valence-corrected chi connectivity index (χ4v) is 2.74. The molecule has 0 aliphatic carbocycles. The molecule has 1 unspecified atom stereocenters. The van der Waals surface area contributed by atoms with Crippen LogP contribution in [0.3, 0.4) is 0 Å². The highest BCUT2D eigenvalue weighted by atomic mass is 32.2. The predicted molar refractivity (Wildman–Crippen MR) is 69.9 cm³/mol. The summed E-state index contributed by atoms with van der Waals surface area (Å²) >= 11 is 0. The molecule has 0 fully saturated rings. The Labute approximate surface area is 116 Å². The van der Waals surface area contributed by atoms with Gasteiger partial charge in [0.05, 0.1) is 11.8 Å². The Morgan fingerprint density at radius 3 is 2.25 bits per heavy atom. The molecular formula is C12H17F3N2O2S. The Morgan fingerprint density at radius 1 is 1.25 bits per heavy atom. The van der Waals surface area contributed by atoms with Gasteiger partial charge in [-0.2, -0.15) is 0 Å². The van der Waals surface area contributed by atoms with Gasteiger partial charge in [-0.3, -0.25) is 11.3 Å². The van der Waals surface area contributed by atoms with Crippen molar-refractivity contribution in [3.05, 3.63) is 35.1 Å². The summed E-state index contributed by atoms with van der Waals surface area (Å²) in [5.41, 5.74) is 1.84. The summed E-state index contributed by atoms with van der Waals surface area (Å²) in [6.45, 7) is 1.52. The smallest absolute Gasteiger partial charge is 0.150 e. The van der Waals surface area contributed by atoms with Gasteiger partial charge in [0, 0.05) is 23.4 Å². The molecule has 3 N–H and O–H groups in total. The molecule has 0 heterocycles. The lowest BCUT2D eigenvalue weighted by Gasteiger charge is -2.17. The van der Waals surface area contributed by atoms with Gasteiger partial charge in [0.1, 0.15) is 27.3 Å². The zero-order valence-electron chi connectivity index (χ0n) is 11.0. The third-order valence-electron chi connectivity index (χ3n) is 2.98. The van der Waals surface area contributed by atoms with E-state index in [1.54, 1.807) is 0 Å². The third-order valence-corrected chi connectivity index (χ3v) is 4.77. The molecule has 1 rings (SSSR count). The molecule has 0 spiro atoms. The van der Waals surface area contributed by atoms with Crippen LogP contribution in [0.2, 0.25) is 0 Å². The van der Waals surface area contributed by atoms with Crippen LogP contribution in [0.25, 0.3) is 0 Å². The van der Waals surface area contributed by atoms with Crippen molar-refractivity contribution in [2.75, 3.05) is 11.5 Å². The van der Waals surface area contributed by atoms with Crippen LogP contribution in [-0.2, 0) is 9.84 Å². The van der Waals surface area contributed by atoms with Gasteiger partial charge in [-0.1, -0.05) is 6.92 Å². The van der Waals surface area contributed by atoms with Gasteiger partial charge < -0.3 is 0 Å². The molecule has 8 heteroatoms. The molecule has 0 amide bonds. The standard InChI is InChI=1S/C12H17F3N2O2S/c1-2-20(18,19)5-3-4-11(17-16)12-9(14)6-8(13)7-10(12)15/h6-7,11,17H,2-5,16H2,1H3. The largest absolute Gasteiger partial charge is 0.271 e. The van der Waals surface area contributed by atoms with Crippen molar-refractivity contribution in [2.45, 2.75) is 25.8 Å². The minimum absolute atomic E-state index is 0.00694. The van der Waals surface area contributed by atoms with Crippen molar-refractivity contribution < 1.29 is 21.6 Å². The number of hydrogen-bond acceptors (Lipinski definition) is 4. The summed E-state index contributed by atoms with van der Waals surface area (Å²) in [5.74, 6) is 2.03. The fraction of sp³-hybridized carbons (Fsp3) is 0.500. The Bertz CT molecular complexity index is 541. The Morgan fingerprint density at radius 2 is 1.80 bits per heavy atom. The maximum Gasteiger partial charge on any atom is 0.150 e. The normalized spacial score (nSPS) is 13.4. The molecule has 0 radical (unpaired) electrons. The molecule has 0 bridgehead atoms. The maximum atomic E-state index is 13.6. The van der Waals surface area contributed by atoms with Crippen LogP contribution < -0.4 is 11.3 Å². The molecule has 114 valence electrons. The van der Waals surface area contributed by atoms with E-state index < -0.39 is 33.3 Å². The minimum atomic E-state index is -3.15. The number of benzene rings is 1. The Balaban J connectivity index is 2.82. The number of sulfone groups is 1. The quantitative estimate of drug-likeness (QED) is 0.595. The van der Waals surface area contributed by atoms with Crippen molar-refractivity contribution in [3.8, 4) is 0 Å². The highest BCUT2D eigenvalue weighted by Gasteiger charge is 2.21. The molecule has 0 aromatic heterocycles. The molecule has 1 aromatic carbocycles. The van der Waals surface area contributed by atoms with Crippen LogP contribution in [0.5, 0.6) is 0 Å². The summed E-state index contributed by atoms with van der Waals surface area (Å²) in [4.78, 5) is 0. The number of nitrogens with one attached hydrogen (secondary N) is 1. The van der Waals surface area contributed by atoms with Crippen LogP contribution in [0, 0.1) is 17.5 Å². The summed E-state index contributed by atoms with van der Waals surface area (Å²) < 4.78 is 62.7. The molecular weight excluding hydrogens is 293 g/mol. The maximum absolute atomic E-state index is 13.6. The van der Waals surface area contributed by atoms with E-state index in [9.17, 15) is 21.6 Å². The van der Waals surface area contributed by atoms with Gasteiger partial charge in [0.2, 0.25) is 0 Å². The molecule has 1 aromatic rings. The third kappa shape index (κ3) is 4.46. The van der Waals surface area contributed by atoms with Crippen molar-refractivity contribution in [2.24, 2.45) is 5.84 Å². The van der Waals surface area contributed by atoms with Gasteiger partial charge in [0.15, 0.2) is 0 Å². The van der Waals surface area contributed by atoms with E-state index in [1.807, 2.05) is 0 Å². The second kappa shape index (κ2) is 7.05. The van der Waals surface area contributed by atoms with Crippen molar-refractivity contribution >= 4 is 9.84 Å². The SMILES string of the molecule is CCS(=O)(=O)CCCC(NN)c1c(F)cc(F)cc1F. The molecule has 4 nitrogen and oxygen atoms in total. The van der Waals surface area contributed by atoms with Crippen molar-refractivity contribution in [3.63, 3.8) is 0 Å². The first kappa shape index (κ1) is 16.9. The van der Waals surface area contributed by atoms with Gasteiger partial charge in [0.25, 0.3) is 0 Å². The van der Waals surface area contributed by atoms with E-state index in [1.165, 1.54) is 6.92 Å². The summed E-state index contributed by atoms with van der Waals surface area (Å²) in [5, 5.41) is 0. The van der Waals surface area contributed by atoms with Gasteiger partial charge in [-0.05, 0) is 12.8 Å². The van der Waals surface area contributed by atoms with Crippen molar-refractivity contribution in [1.29, 1.82) is 0 Å². The number of hydrazine groups is 1. The molecule has 0 aliphatic rings. The second-order valence-corrected chi connectivity index (χ2v) is 6.85. The zero-order chi connectivity index (χ0) is 15.3. The molecule has 0 saturated carbocycles. The topological polar surface area (TPSA) is 72.2 Å². The number of hydrogen-bond donors (Lipinski definition) is 2. The number of halogens is 3. The first-order valence-electron chi connectivity index (χ1n) is 6.11. The molecule has 0 aliphatic heterocycles. The van der Waals surface area contributed by atoms with Gasteiger partial charge in [-0.25, -0.2) is 21.6 Å².